The number of benzene rings is 6. The van der Waals surface area contributed by atoms with Crippen molar-refractivity contribution >= 4 is 34.2 Å². The van der Waals surface area contributed by atoms with Crippen LogP contribution in [0.1, 0.15) is 30.5 Å². The molecule has 0 radical (unpaired) electrons. The van der Waals surface area contributed by atoms with Crippen LogP contribution in [0.15, 0.2) is 115 Å². The summed E-state index contributed by atoms with van der Waals surface area (Å²) in [6, 6.07) is 42.8. The summed E-state index contributed by atoms with van der Waals surface area (Å²) in [6.07, 6.45) is 0.993. The van der Waals surface area contributed by atoms with Crippen LogP contribution in [0.25, 0.3) is 54.9 Å². The number of hydrogen-bond acceptors (Lipinski definition) is 1. The average Bonchev–Trinajstić information content (AvgIpc) is 3.17. The van der Waals surface area contributed by atoms with Crippen molar-refractivity contribution in [3.8, 4) is 33.4 Å². The van der Waals surface area contributed by atoms with E-state index in [1.54, 1.807) is 0 Å². The molecule has 0 bridgehead atoms. The fourth-order valence-electron chi connectivity index (χ4n) is 6.57. The van der Waals surface area contributed by atoms with Crippen LogP contribution in [0.4, 0.5) is 0 Å². The van der Waals surface area contributed by atoms with Crippen molar-refractivity contribution in [2.24, 2.45) is 0 Å². The van der Waals surface area contributed by atoms with Crippen molar-refractivity contribution in [2.45, 2.75) is 25.7 Å². The Balaban J connectivity index is 1.65. The SMILES string of the molecule is CC1(C)c2cc(CCS)ccc2-c2cc3c(-c4ccccc4)c4ccccc4c(-c4ccccc4)c3cc21. The quantitative estimate of drug-likeness (QED) is 0.178. The minimum absolute atomic E-state index is 0.0715. The van der Waals surface area contributed by atoms with Gasteiger partial charge in [0.25, 0.3) is 0 Å². The van der Waals surface area contributed by atoms with Gasteiger partial charge in [0.15, 0.2) is 0 Å². The Labute approximate surface area is 230 Å². The first kappa shape index (κ1) is 23.3. The fourth-order valence-corrected chi connectivity index (χ4v) is 6.83. The molecule has 0 fully saturated rings. The second-order valence-corrected chi connectivity index (χ2v) is 11.4. The molecule has 0 saturated heterocycles. The van der Waals surface area contributed by atoms with Crippen molar-refractivity contribution in [3.63, 3.8) is 0 Å². The molecular formula is C37H30S. The predicted molar refractivity (Wildman–Crippen MR) is 167 cm³/mol. The first-order chi connectivity index (χ1) is 18.6. The van der Waals surface area contributed by atoms with Crippen LogP contribution in [0.2, 0.25) is 0 Å². The fraction of sp³-hybridized carbons (Fsp3) is 0.135. The molecule has 6 aromatic carbocycles. The van der Waals surface area contributed by atoms with Gasteiger partial charge in [-0.1, -0.05) is 117 Å². The molecule has 0 heterocycles. The summed E-state index contributed by atoms with van der Waals surface area (Å²) < 4.78 is 0. The summed E-state index contributed by atoms with van der Waals surface area (Å²) in [7, 11) is 0. The van der Waals surface area contributed by atoms with Gasteiger partial charge < -0.3 is 0 Å². The third kappa shape index (κ3) is 3.46. The summed E-state index contributed by atoms with van der Waals surface area (Å²) in [5.41, 5.74) is 12.0. The maximum absolute atomic E-state index is 4.50. The summed E-state index contributed by atoms with van der Waals surface area (Å²) >= 11 is 4.50. The van der Waals surface area contributed by atoms with Gasteiger partial charge in [-0.2, -0.15) is 12.6 Å². The zero-order valence-electron chi connectivity index (χ0n) is 21.8. The Morgan fingerprint density at radius 3 is 1.63 bits per heavy atom. The number of hydrogen-bond donors (Lipinski definition) is 1. The van der Waals surface area contributed by atoms with Gasteiger partial charge >= 0.3 is 0 Å². The lowest BCUT2D eigenvalue weighted by Gasteiger charge is -2.24. The Morgan fingerprint density at radius 2 is 1.05 bits per heavy atom. The van der Waals surface area contributed by atoms with Crippen molar-refractivity contribution in [3.05, 3.63) is 132 Å². The smallest absolute Gasteiger partial charge is 0.0159 e. The van der Waals surface area contributed by atoms with Gasteiger partial charge in [-0.3, -0.25) is 0 Å². The molecule has 184 valence electrons. The van der Waals surface area contributed by atoms with E-state index in [-0.39, 0.29) is 5.41 Å². The van der Waals surface area contributed by atoms with E-state index < -0.39 is 0 Å². The second kappa shape index (κ2) is 8.89. The van der Waals surface area contributed by atoms with E-state index in [0.29, 0.717) is 0 Å². The Morgan fingerprint density at radius 1 is 0.526 bits per heavy atom. The van der Waals surface area contributed by atoms with Crippen LogP contribution < -0.4 is 0 Å². The van der Waals surface area contributed by atoms with Gasteiger partial charge in [0.2, 0.25) is 0 Å². The van der Waals surface area contributed by atoms with Crippen molar-refractivity contribution in [1.82, 2.24) is 0 Å². The molecule has 0 amide bonds. The van der Waals surface area contributed by atoms with Crippen LogP contribution in [0, 0.1) is 0 Å². The largest absolute Gasteiger partial charge is 0.179 e. The molecule has 7 rings (SSSR count). The highest BCUT2D eigenvalue weighted by Crippen LogP contribution is 2.53. The van der Waals surface area contributed by atoms with Crippen molar-refractivity contribution in [2.75, 3.05) is 5.75 Å². The van der Waals surface area contributed by atoms with Gasteiger partial charge in [-0.25, -0.2) is 0 Å². The van der Waals surface area contributed by atoms with E-state index in [1.807, 2.05) is 0 Å². The molecular weight excluding hydrogens is 476 g/mol. The van der Waals surface area contributed by atoms with Crippen molar-refractivity contribution < 1.29 is 0 Å². The Kier molecular flexibility index (Phi) is 5.46. The molecule has 1 aliphatic rings. The van der Waals surface area contributed by atoms with Crippen LogP contribution >= 0.6 is 12.6 Å². The molecule has 0 unspecified atom stereocenters. The monoisotopic (exact) mass is 506 g/mol. The first-order valence-electron chi connectivity index (χ1n) is 13.5. The molecule has 0 aliphatic heterocycles. The van der Waals surface area contributed by atoms with Gasteiger partial charge in [-0.05, 0) is 95.9 Å². The molecule has 1 aliphatic carbocycles. The molecule has 0 nitrogen and oxygen atoms in total. The topological polar surface area (TPSA) is 0 Å². The van der Waals surface area contributed by atoms with E-state index in [2.05, 4.69) is 142 Å². The van der Waals surface area contributed by atoms with Crippen LogP contribution in [0.3, 0.4) is 0 Å². The number of aryl methyl sites for hydroxylation is 1. The molecule has 0 N–H and O–H groups in total. The standard InChI is InChI=1S/C37H30S/c1-37(2)33-21-24(19-20-38)17-18-27(33)30-22-31-32(23-34(30)37)36(26-13-7-4-8-14-26)29-16-10-9-15-28(29)35(31)25-11-5-3-6-12-25/h3-18,21-23,38H,19-20H2,1-2H3. The average molecular weight is 507 g/mol. The second-order valence-electron chi connectivity index (χ2n) is 10.9. The molecule has 38 heavy (non-hydrogen) atoms. The van der Waals surface area contributed by atoms with Crippen LogP contribution in [0.5, 0.6) is 0 Å². The third-order valence-corrected chi connectivity index (χ3v) is 8.63. The first-order valence-corrected chi connectivity index (χ1v) is 14.1. The summed E-state index contributed by atoms with van der Waals surface area (Å²) in [4.78, 5) is 0. The van der Waals surface area contributed by atoms with Gasteiger partial charge in [0, 0.05) is 5.41 Å². The zero-order chi connectivity index (χ0) is 25.9. The molecule has 0 atom stereocenters. The summed E-state index contributed by atoms with van der Waals surface area (Å²) in [6.45, 7) is 4.77. The van der Waals surface area contributed by atoms with E-state index in [0.717, 1.165) is 12.2 Å². The normalized spacial score (nSPS) is 13.6. The van der Waals surface area contributed by atoms with Gasteiger partial charge in [-0.15, -0.1) is 0 Å². The van der Waals surface area contributed by atoms with Crippen molar-refractivity contribution in [1.29, 1.82) is 0 Å². The van der Waals surface area contributed by atoms with E-state index >= 15 is 0 Å². The van der Waals surface area contributed by atoms with E-state index in [1.165, 1.54) is 71.6 Å². The number of rotatable bonds is 4. The van der Waals surface area contributed by atoms with Crippen LogP contribution in [-0.2, 0) is 11.8 Å². The summed E-state index contributed by atoms with van der Waals surface area (Å²) in [5.74, 6) is 0.865. The molecule has 6 aromatic rings. The lowest BCUT2D eigenvalue weighted by molar-refractivity contribution is 0.660. The molecule has 1 heteroatoms. The van der Waals surface area contributed by atoms with Gasteiger partial charge in [0.05, 0.1) is 0 Å². The lowest BCUT2D eigenvalue weighted by atomic mass is 9.79. The maximum atomic E-state index is 4.50. The molecule has 0 aromatic heterocycles. The molecule has 0 saturated carbocycles. The maximum Gasteiger partial charge on any atom is 0.0159 e. The molecule has 0 spiro atoms. The predicted octanol–water partition coefficient (Wildman–Crippen LogP) is 10.1. The highest BCUT2D eigenvalue weighted by Gasteiger charge is 2.36. The van der Waals surface area contributed by atoms with Gasteiger partial charge in [0.1, 0.15) is 0 Å². The highest BCUT2D eigenvalue weighted by molar-refractivity contribution is 7.80. The Bertz CT molecular complexity index is 1830. The van der Waals surface area contributed by atoms with E-state index in [9.17, 15) is 0 Å². The van der Waals surface area contributed by atoms with E-state index in [4.69, 9.17) is 0 Å². The third-order valence-electron chi connectivity index (χ3n) is 8.41. The van der Waals surface area contributed by atoms with Crippen LogP contribution in [-0.4, -0.2) is 5.75 Å². The lowest BCUT2D eigenvalue weighted by Crippen LogP contribution is -2.15. The number of thiol groups is 1. The zero-order valence-corrected chi connectivity index (χ0v) is 22.7. The number of fused-ring (bicyclic) bond motifs is 5. The summed E-state index contributed by atoms with van der Waals surface area (Å²) in [5, 5.41) is 5.24. The minimum Gasteiger partial charge on any atom is -0.179 e. The minimum atomic E-state index is -0.0715. The highest BCUT2D eigenvalue weighted by atomic mass is 32.1. The Hall–Kier alpha value is -3.81.